The van der Waals surface area contributed by atoms with E-state index in [9.17, 15) is 0 Å². The monoisotopic (exact) mass is 190 g/mol. The van der Waals surface area contributed by atoms with Crippen LogP contribution in [0, 0.1) is 0 Å². The molecule has 2 rings (SSSR count). The zero-order valence-corrected chi connectivity index (χ0v) is 8.31. The van der Waals surface area contributed by atoms with Crippen LogP contribution in [0.2, 0.25) is 0 Å². The minimum atomic E-state index is -0.128. The van der Waals surface area contributed by atoms with Crippen molar-refractivity contribution in [3.8, 4) is 0 Å². The average Bonchev–Trinajstić information content (AvgIpc) is 2.94. The Bertz CT molecular complexity index is 315. The molecular formula is C11H14N2O. The van der Waals surface area contributed by atoms with Crippen molar-refractivity contribution in [2.24, 2.45) is 10.2 Å². The molecule has 1 aliphatic heterocycles. The molecule has 0 fully saturated rings. The van der Waals surface area contributed by atoms with Crippen LogP contribution in [0.25, 0.3) is 0 Å². The van der Waals surface area contributed by atoms with E-state index in [1.807, 2.05) is 25.1 Å². The predicted octanol–water partition coefficient (Wildman–Crippen LogP) is 2.78. The van der Waals surface area contributed by atoms with Crippen molar-refractivity contribution in [2.75, 3.05) is 6.61 Å². The third-order valence-corrected chi connectivity index (χ3v) is 2.27. The molecule has 0 spiro atoms. The van der Waals surface area contributed by atoms with Gasteiger partial charge >= 0.3 is 0 Å². The van der Waals surface area contributed by atoms with Gasteiger partial charge in [-0.05, 0) is 12.5 Å². The Labute approximate surface area is 83.8 Å². The molecule has 3 nitrogen and oxygen atoms in total. The first kappa shape index (κ1) is 9.34. The fourth-order valence-corrected chi connectivity index (χ4v) is 1.22. The van der Waals surface area contributed by atoms with Crippen molar-refractivity contribution in [1.29, 1.82) is 0 Å². The van der Waals surface area contributed by atoms with Gasteiger partial charge in [0.2, 0.25) is 0 Å². The summed E-state index contributed by atoms with van der Waals surface area (Å²) in [5.41, 5.74) is 1.08. The zero-order chi connectivity index (χ0) is 9.86. The SMILES string of the molecule is CC1(CCOCc2ccccc2)N=N1. The summed E-state index contributed by atoms with van der Waals surface area (Å²) in [5, 5.41) is 7.85. The number of nitrogens with zero attached hydrogens (tertiary/aromatic N) is 2. The Kier molecular flexibility index (Phi) is 2.59. The highest BCUT2D eigenvalue weighted by atomic mass is 16.5. The summed E-state index contributed by atoms with van der Waals surface area (Å²) < 4.78 is 5.52. The number of hydrogen-bond acceptors (Lipinski definition) is 3. The average molecular weight is 190 g/mol. The van der Waals surface area contributed by atoms with Crippen LogP contribution in [0.3, 0.4) is 0 Å². The van der Waals surface area contributed by atoms with E-state index in [1.54, 1.807) is 0 Å². The second-order valence-corrected chi connectivity index (χ2v) is 3.71. The summed E-state index contributed by atoms with van der Waals surface area (Å²) in [6.07, 6.45) is 0.889. The van der Waals surface area contributed by atoms with E-state index in [-0.39, 0.29) is 5.66 Å². The minimum Gasteiger partial charge on any atom is -0.377 e. The van der Waals surface area contributed by atoms with Gasteiger partial charge in [-0.2, -0.15) is 10.2 Å². The predicted molar refractivity (Wildman–Crippen MR) is 54.0 cm³/mol. The molecule has 1 heterocycles. The second-order valence-electron chi connectivity index (χ2n) is 3.71. The Balaban J connectivity index is 1.64. The van der Waals surface area contributed by atoms with Gasteiger partial charge in [-0.1, -0.05) is 30.3 Å². The fraction of sp³-hybridized carbons (Fsp3) is 0.455. The topological polar surface area (TPSA) is 34.0 Å². The van der Waals surface area contributed by atoms with Gasteiger partial charge in [0.25, 0.3) is 0 Å². The lowest BCUT2D eigenvalue weighted by Crippen LogP contribution is -2.08. The molecule has 0 atom stereocenters. The summed E-state index contributed by atoms with van der Waals surface area (Å²) in [4.78, 5) is 0. The van der Waals surface area contributed by atoms with Crippen molar-refractivity contribution in [3.05, 3.63) is 35.9 Å². The summed E-state index contributed by atoms with van der Waals surface area (Å²) in [7, 11) is 0. The highest BCUT2D eigenvalue weighted by Gasteiger charge is 2.32. The Morgan fingerprint density at radius 3 is 2.57 bits per heavy atom. The molecule has 0 aliphatic carbocycles. The summed E-state index contributed by atoms with van der Waals surface area (Å²) in [6.45, 7) is 3.41. The molecule has 74 valence electrons. The number of ether oxygens (including phenoxy) is 1. The van der Waals surface area contributed by atoms with Gasteiger partial charge in [0.05, 0.1) is 13.2 Å². The number of hydrogen-bond donors (Lipinski definition) is 0. The third-order valence-electron chi connectivity index (χ3n) is 2.27. The highest BCUT2D eigenvalue weighted by molar-refractivity contribution is 5.13. The lowest BCUT2D eigenvalue weighted by molar-refractivity contribution is 0.112. The number of benzene rings is 1. The van der Waals surface area contributed by atoms with E-state index in [0.717, 1.165) is 13.0 Å². The van der Waals surface area contributed by atoms with Gasteiger partial charge in [-0.15, -0.1) is 0 Å². The van der Waals surface area contributed by atoms with Crippen LogP contribution in [0.1, 0.15) is 18.9 Å². The van der Waals surface area contributed by atoms with Crippen molar-refractivity contribution in [1.82, 2.24) is 0 Å². The molecule has 0 saturated carbocycles. The van der Waals surface area contributed by atoms with E-state index in [1.165, 1.54) is 5.56 Å². The summed E-state index contributed by atoms with van der Waals surface area (Å²) in [5.74, 6) is 0. The first-order valence-electron chi connectivity index (χ1n) is 4.84. The lowest BCUT2D eigenvalue weighted by Gasteiger charge is -2.05. The molecule has 1 aromatic carbocycles. The van der Waals surface area contributed by atoms with Crippen LogP contribution in [0.4, 0.5) is 0 Å². The molecule has 3 heteroatoms. The molecular weight excluding hydrogens is 176 g/mol. The molecule has 1 aromatic rings. The van der Waals surface area contributed by atoms with E-state index < -0.39 is 0 Å². The normalized spacial score (nSPS) is 16.9. The molecule has 0 bridgehead atoms. The Morgan fingerprint density at radius 1 is 1.21 bits per heavy atom. The molecule has 0 N–H and O–H groups in total. The molecule has 0 radical (unpaired) electrons. The van der Waals surface area contributed by atoms with Crippen molar-refractivity contribution in [3.63, 3.8) is 0 Å². The van der Waals surface area contributed by atoms with Crippen molar-refractivity contribution < 1.29 is 4.74 Å². The Hall–Kier alpha value is -1.22. The first-order chi connectivity index (χ1) is 6.79. The fourth-order valence-electron chi connectivity index (χ4n) is 1.22. The van der Waals surface area contributed by atoms with Crippen molar-refractivity contribution >= 4 is 0 Å². The third kappa shape index (κ3) is 2.64. The van der Waals surface area contributed by atoms with E-state index in [2.05, 4.69) is 22.4 Å². The highest BCUT2D eigenvalue weighted by Crippen LogP contribution is 2.30. The molecule has 1 aliphatic rings. The molecule has 14 heavy (non-hydrogen) atoms. The van der Waals surface area contributed by atoms with Gasteiger partial charge in [0.15, 0.2) is 5.66 Å². The summed E-state index contributed by atoms with van der Waals surface area (Å²) >= 11 is 0. The quantitative estimate of drug-likeness (QED) is 0.657. The van der Waals surface area contributed by atoms with Crippen LogP contribution in [-0.2, 0) is 11.3 Å². The number of rotatable bonds is 5. The Morgan fingerprint density at radius 2 is 1.93 bits per heavy atom. The van der Waals surface area contributed by atoms with Gasteiger partial charge in [-0.25, -0.2) is 0 Å². The standard InChI is InChI=1S/C11H14N2O/c1-11(12-13-11)7-8-14-9-10-5-3-2-4-6-10/h2-6H,7-9H2,1H3. The van der Waals surface area contributed by atoms with Crippen molar-refractivity contribution in [2.45, 2.75) is 25.6 Å². The molecule has 0 amide bonds. The lowest BCUT2D eigenvalue weighted by atomic mass is 10.2. The molecule has 0 saturated heterocycles. The summed E-state index contributed by atoms with van der Waals surface area (Å²) in [6, 6.07) is 10.2. The van der Waals surface area contributed by atoms with Crippen LogP contribution in [-0.4, -0.2) is 12.3 Å². The van der Waals surface area contributed by atoms with Crippen LogP contribution in [0.5, 0.6) is 0 Å². The van der Waals surface area contributed by atoms with Gasteiger partial charge < -0.3 is 4.74 Å². The van der Waals surface area contributed by atoms with E-state index in [4.69, 9.17) is 4.74 Å². The van der Waals surface area contributed by atoms with E-state index >= 15 is 0 Å². The van der Waals surface area contributed by atoms with Crippen LogP contribution in [0.15, 0.2) is 40.6 Å². The van der Waals surface area contributed by atoms with Gasteiger partial charge in [0, 0.05) is 6.42 Å². The maximum absolute atomic E-state index is 5.52. The van der Waals surface area contributed by atoms with Gasteiger partial charge in [0.1, 0.15) is 0 Å². The second kappa shape index (κ2) is 3.88. The molecule has 0 unspecified atom stereocenters. The van der Waals surface area contributed by atoms with E-state index in [0.29, 0.717) is 6.61 Å². The zero-order valence-electron chi connectivity index (χ0n) is 8.31. The minimum absolute atomic E-state index is 0.128. The van der Waals surface area contributed by atoms with Crippen LogP contribution < -0.4 is 0 Å². The molecule has 0 aromatic heterocycles. The van der Waals surface area contributed by atoms with Gasteiger partial charge in [-0.3, -0.25) is 0 Å². The maximum atomic E-state index is 5.52. The first-order valence-corrected chi connectivity index (χ1v) is 4.84. The maximum Gasteiger partial charge on any atom is 0.190 e. The smallest absolute Gasteiger partial charge is 0.190 e. The largest absolute Gasteiger partial charge is 0.377 e. The van der Waals surface area contributed by atoms with Crippen LogP contribution >= 0.6 is 0 Å².